The second-order valence-electron chi connectivity index (χ2n) is 2.12. The van der Waals surface area contributed by atoms with E-state index in [-0.39, 0.29) is 5.92 Å². The fourth-order valence-corrected chi connectivity index (χ4v) is 0.456. The van der Waals surface area contributed by atoms with Crippen LogP contribution in [0.1, 0.15) is 13.8 Å². The Labute approximate surface area is 50.4 Å². The van der Waals surface area contributed by atoms with Gasteiger partial charge in [0.05, 0.1) is 0 Å². The summed E-state index contributed by atoms with van der Waals surface area (Å²) in [6.07, 6.45) is 3.51. The first-order valence-electron chi connectivity index (χ1n) is 2.72. The van der Waals surface area contributed by atoms with Crippen LogP contribution in [0.15, 0.2) is 12.7 Å². The van der Waals surface area contributed by atoms with Crippen LogP contribution in [0.4, 0.5) is 0 Å². The van der Waals surface area contributed by atoms with Gasteiger partial charge >= 0.3 is 0 Å². The second-order valence-corrected chi connectivity index (χ2v) is 2.12. The standard InChI is InChI=1S/C7H11O/c1-4-7(5-8)6(2)3/h4,6-7H,1H2,2-3H3. The van der Waals surface area contributed by atoms with Crippen LogP contribution in [0.2, 0.25) is 0 Å². The van der Waals surface area contributed by atoms with E-state index in [1.165, 1.54) is 0 Å². The molecule has 0 saturated heterocycles. The maximum absolute atomic E-state index is 9.98. The van der Waals surface area contributed by atoms with E-state index in [4.69, 9.17) is 0 Å². The summed E-state index contributed by atoms with van der Waals surface area (Å²) in [6.45, 7) is 7.43. The highest BCUT2D eigenvalue weighted by Gasteiger charge is 2.06. The molecule has 0 amide bonds. The summed E-state index contributed by atoms with van der Waals surface area (Å²) >= 11 is 0. The Hall–Kier alpha value is -0.590. The van der Waals surface area contributed by atoms with E-state index in [9.17, 15) is 4.79 Å². The van der Waals surface area contributed by atoms with Crippen molar-refractivity contribution in [3.63, 3.8) is 0 Å². The summed E-state index contributed by atoms with van der Waals surface area (Å²) in [6, 6.07) is 0. The minimum atomic E-state index is -0.0880. The molecule has 0 fully saturated rings. The first-order valence-corrected chi connectivity index (χ1v) is 2.72. The van der Waals surface area contributed by atoms with Gasteiger partial charge in [0.25, 0.3) is 0 Å². The topological polar surface area (TPSA) is 17.1 Å². The predicted octanol–water partition coefficient (Wildman–Crippen LogP) is 1.55. The maximum Gasteiger partial charge on any atom is 0.206 e. The van der Waals surface area contributed by atoms with Gasteiger partial charge in [-0.1, -0.05) is 19.9 Å². The van der Waals surface area contributed by atoms with Crippen molar-refractivity contribution in [1.82, 2.24) is 0 Å². The van der Waals surface area contributed by atoms with E-state index in [0.717, 1.165) is 0 Å². The van der Waals surface area contributed by atoms with E-state index in [1.54, 1.807) is 6.08 Å². The molecule has 0 aromatic heterocycles. The lowest BCUT2D eigenvalue weighted by Crippen LogP contribution is -2.05. The summed E-state index contributed by atoms with van der Waals surface area (Å²) in [7, 11) is 0. The monoisotopic (exact) mass is 111 g/mol. The van der Waals surface area contributed by atoms with Crippen molar-refractivity contribution in [3.05, 3.63) is 12.7 Å². The molecule has 0 spiro atoms. The smallest absolute Gasteiger partial charge is 0.206 e. The molecule has 1 heteroatoms. The molecule has 0 aliphatic heterocycles. The zero-order chi connectivity index (χ0) is 6.57. The summed E-state index contributed by atoms with van der Waals surface area (Å²) in [4.78, 5) is 9.98. The third kappa shape index (κ3) is 1.92. The van der Waals surface area contributed by atoms with E-state index in [2.05, 4.69) is 6.58 Å². The number of hydrogen-bond donors (Lipinski definition) is 0. The Kier molecular flexibility index (Phi) is 3.16. The van der Waals surface area contributed by atoms with Gasteiger partial charge in [-0.3, -0.25) is 4.79 Å². The first-order chi connectivity index (χ1) is 3.72. The third-order valence-electron chi connectivity index (χ3n) is 1.11. The Morgan fingerprint density at radius 2 is 2.12 bits per heavy atom. The Bertz CT molecular complexity index is 76.4. The normalized spacial score (nSPS) is 13.4. The highest BCUT2D eigenvalue weighted by molar-refractivity contribution is 5.57. The van der Waals surface area contributed by atoms with E-state index in [0.29, 0.717) is 5.92 Å². The fraction of sp³-hybridized carbons (Fsp3) is 0.571. The highest BCUT2D eigenvalue weighted by Crippen LogP contribution is 2.07. The molecule has 0 N–H and O–H groups in total. The van der Waals surface area contributed by atoms with Gasteiger partial charge in [0.15, 0.2) is 0 Å². The second kappa shape index (κ2) is 3.42. The molecule has 0 rings (SSSR count). The van der Waals surface area contributed by atoms with Gasteiger partial charge in [0.1, 0.15) is 0 Å². The highest BCUT2D eigenvalue weighted by atomic mass is 16.1. The molecule has 1 nitrogen and oxygen atoms in total. The van der Waals surface area contributed by atoms with E-state index < -0.39 is 0 Å². The van der Waals surface area contributed by atoms with Crippen molar-refractivity contribution in [2.45, 2.75) is 13.8 Å². The van der Waals surface area contributed by atoms with Crippen LogP contribution in [0.3, 0.4) is 0 Å². The average molecular weight is 111 g/mol. The number of allylic oxidation sites excluding steroid dienone is 1. The molecule has 0 aliphatic rings. The quantitative estimate of drug-likeness (QED) is 0.505. The molecule has 8 heavy (non-hydrogen) atoms. The minimum absolute atomic E-state index is 0.0880. The van der Waals surface area contributed by atoms with Crippen molar-refractivity contribution >= 4 is 6.29 Å². The van der Waals surface area contributed by atoms with Gasteiger partial charge in [0.2, 0.25) is 6.29 Å². The Morgan fingerprint density at radius 3 is 2.12 bits per heavy atom. The molecule has 1 atom stereocenters. The molecular formula is C7H11O. The van der Waals surface area contributed by atoms with Gasteiger partial charge in [-0.15, -0.1) is 6.58 Å². The molecular weight excluding hydrogens is 100 g/mol. The largest absolute Gasteiger partial charge is 0.290 e. The molecule has 0 aromatic rings. The summed E-state index contributed by atoms with van der Waals surface area (Å²) in [5.41, 5.74) is 0. The number of carbonyl (C=O) groups excluding carboxylic acids is 1. The lowest BCUT2D eigenvalue weighted by atomic mass is 9.98. The summed E-state index contributed by atoms with van der Waals surface area (Å²) in [5, 5.41) is 0. The molecule has 0 aromatic carbocycles. The molecule has 1 radical (unpaired) electrons. The van der Waals surface area contributed by atoms with Gasteiger partial charge in [-0.2, -0.15) is 0 Å². The Balaban J connectivity index is 3.68. The molecule has 1 unspecified atom stereocenters. The van der Waals surface area contributed by atoms with Crippen LogP contribution in [0.25, 0.3) is 0 Å². The molecule has 0 saturated carbocycles. The van der Waals surface area contributed by atoms with Crippen LogP contribution in [-0.4, -0.2) is 6.29 Å². The van der Waals surface area contributed by atoms with Crippen molar-refractivity contribution < 1.29 is 4.79 Å². The van der Waals surface area contributed by atoms with Gasteiger partial charge in [0, 0.05) is 5.92 Å². The predicted molar refractivity (Wildman–Crippen MR) is 34.2 cm³/mol. The van der Waals surface area contributed by atoms with E-state index in [1.807, 2.05) is 20.1 Å². The fourth-order valence-electron chi connectivity index (χ4n) is 0.456. The number of rotatable bonds is 3. The van der Waals surface area contributed by atoms with Crippen LogP contribution < -0.4 is 0 Å². The van der Waals surface area contributed by atoms with E-state index >= 15 is 0 Å². The van der Waals surface area contributed by atoms with Gasteiger partial charge in [-0.25, -0.2) is 0 Å². The number of hydrogen-bond acceptors (Lipinski definition) is 1. The van der Waals surface area contributed by atoms with Gasteiger partial charge in [-0.05, 0) is 5.92 Å². The maximum atomic E-state index is 9.98. The first kappa shape index (κ1) is 7.41. The van der Waals surface area contributed by atoms with Crippen molar-refractivity contribution in [1.29, 1.82) is 0 Å². The zero-order valence-electron chi connectivity index (χ0n) is 5.35. The lowest BCUT2D eigenvalue weighted by molar-refractivity contribution is 0.496. The van der Waals surface area contributed by atoms with Crippen molar-refractivity contribution in [2.75, 3.05) is 0 Å². The van der Waals surface area contributed by atoms with Crippen LogP contribution in [0.5, 0.6) is 0 Å². The van der Waals surface area contributed by atoms with Crippen LogP contribution >= 0.6 is 0 Å². The van der Waals surface area contributed by atoms with Crippen LogP contribution in [-0.2, 0) is 4.79 Å². The average Bonchev–Trinajstić information content (AvgIpc) is 1.69. The molecule has 45 valence electrons. The van der Waals surface area contributed by atoms with Crippen molar-refractivity contribution in [3.8, 4) is 0 Å². The lowest BCUT2D eigenvalue weighted by Gasteiger charge is -2.04. The van der Waals surface area contributed by atoms with Crippen molar-refractivity contribution in [2.24, 2.45) is 11.8 Å². The van der Waals surface area contributed by atoms with Gasteiger partial charge < -0.3 is 0 Å². The summed E-state index contributed by atoms with van der Waals surface area (Å²) in [5.74, 6) is 0.250. The zero-order valence-corrected chi connectivity index (χ0v) is 5.35. The molecule has 0 heterocycles. The SMILES string of the molecule is C=CC([C]=O)C(C)C. The third-order valence-corrected chi connectivity index (χ3v) is 1.11. The van der Waals surface area contributed by atoms with Crippen LogP contribution in [0, 0.1) is 11.8 Å². The Morgan fingerprint density at radius 1 is 1.62 bits per heavy atom. The molecule has 0 aliphatic carbocycles. The summed E-state index contributed by atoms with van der Waals surface area (Å²) < 4.78 is 0. The minimum Gasteiger partial charge on any atom is -0.290 e. The molecule has 0 bridgehead atoms.